The molecule has 0 aliphatic carbocycles. The molecule has 8 heteroatoms. The molecule has 0 saturated carbocycles. The van der Waals surface area contributed by atoms with Crippen molar-refractivity contribution in [3.63, 3.8) is 0 Å². The van der Waals surface area contributed by atoms with E-state index in [0.29, 0.717) is 35.7 Å². The number of morpholine rings is 1. The average Bonchev–Trinajstić information content (AvgIpc) is 3.23. The molecule has 0 spiro atoms. The predicted molar refractivity (Wildman–Crippen MR) is 140 cm³/mol. The Hall–Kier alpha value is -4.04. The number of carbonyl (C=O) groups excluding carboxylic acids is 2. The molecule has 8 nitrogen and oxygen atoms in total. The second kappa shape index (κ2) is 9.91. The fraction of sp³-hybridized carbons (Fsp3) is 0.286. The average molecular weight is 488 g/mol. The van der Waals surface area contributed by atoms with Crippen molar-refractivity contribution in [3.05, 3.63) is 66.2 Å². The number of nitrogens with one attached hydrogen (secondary N) is 2. The van der Waals surface area contributed by atoms with Gasteiger partial charge in [0.05, 0.1) is 31.5 Å². The van der Waals surface area contributed by atoms with E-state index in [4.69, 9.17) is 13.9 Å². The van der Waals surface area contributed by atoms with Crippen LogP contribution in [-0.4, -0.2) is 55.7 Å². The number of benzene rings is 3. The predicted octanol–water partition coefficient (Wildman–Crippen LogP) is 4.89. The van der Waals surface area contributed by atoms with Gasteiger partial charge in [-0.15, -0.1) is 0 Å². The normalized spacial score (nSPS) is 17.8. The summed E-state index contributed by atoms with van der Waals surface area (Å²) in [6.07, 6.45) is 0.0339. The second-order valence-corrected chi connectivity index (χ2v) is 9.09. The molecule has 1 saturated heterocycles. The highest BCUT2D eigenvalue weighted by molar-refractivity contribution is 6.08. The zero-order valence-electron chi connectivity index (χ0n) is 20.5. The minimum atomic E-state index is -0.236. The molecule has 1 aliphatic rings. The van der Waals surface area contributed by atoms with E-state index in [0.717, 1.165) is 22.0 Å². The highest BCUT2D eigenvalue weighted by Crippen LogP contribution is 2.36. The van der Waals surface area contributed by atoms with Crippen LogP contribution in [0, 0.1) is 0 Å². The van der Waals surface area contributed by atoms with Crippen LogP contribution in [0.3, 0.4) is 0 Å². The summed E-state index contributed by atoms with van der Waals surface area (Å²) in [5.74, 6) is 0.298. The number of methoxy groups -OCH3 is 1. The van der Waals surface area contributed by atoms with Crippen LogP contribution in [0.4, 0.5) is 11.4 Å². The van der Waals surface area contributed by atoms with Crippen LogP contribution >= 0.6 is 0 Å². The smallest absolute Gasteiger partial charge is 0.254 e. The number of hydrogen-bond acceptors (Lipinski definition) is 6. The fourth-order valence-electron chi connectivity index (χ4n) is 4.65. The van der Waals surface area contributed by atoms with Gasteiger partial charge in [0.15, 0.2) is 0 Å². The van der Waals surface area contributed by atoms with E-state index >= 15 is 0 Å². The highest BCUT2D eigenvalue weighted by atomic mass is 16.5. The molecule has 4 aromatic rings. The first-order chi connectivity index (χ1) is 17.4. The van der Waals surface area contributed by atoms with Crippen molar-refractivity contribution >= 4 is 45.1 Å². The molecule has 0 radical (unpaired) electrons. The summed E-state index contributed by atoms with van der Waals surface area (Å²) in [5.41, 5.74) is 3.33. The lowest BCUT2D eigenvalue weighted by Gasteiger charge is -2.35. The molecule has 2 atom stereocenters. The maximum atomic E-state index is 12.8. The van der Waals surface area contributed by atoms with E-state index in [-0.39, 0.29) is 30.6 Å². The third-order valence-corrected chi connectivity index (χ3v) is 6.26. The van der Waals surface area contributed by atoms with E-state index in [2.05, 4.69) is 10.6 Å². The van der Waals surface area contributed by atoms with Gasteiger partial charge in [0.25, 0.3) is 5.91 Å². The number of ether oxygens (including phenoxy) is 2. The number of anilines is 2. The van der Waals surface area contributed by atoms with Gasteiger partial charge in [0.1, 0.15) is 16.9 Å². The summed E-state index contributed by atoms with van der Waals surface area (Å²) in [5, 5.41) is 7.91. The van der Waals surface area contributed by atoms with Crippen LogP contribution in [0.5, 0.6) is 5.75 Å². The summed E-state index contributed by atoms with van der Waals surface area (Å²) in [4.78, 5) is 27.3. The number of nitrogens with zero attached hydrogens (tertiary/aromatic N) is 1. The van der Waals surface area contributed by atoms with Gasteiger partial charge in [-0.2, -0.15) is 0 Å². The molecule has 1 aliphatic heterocycles. The van der Waals surface area contributed by atoms with E-state index < -0.39 is 0 Å². The number of amides is 2. The van der Waals surface area contributed by atoms with Gasteiger partial charge in [0.2, 0.25) is 5.91 Å². The Balaban J connectivity index is 1.22. The Morgan fingerprint density at radius 3 is 2.42 bits per heavy atom. The number of fused-ring (bicyclic) bond motifs is 3. The lowest BCUT2D eigenvalue weighted by Crippen LogP contribution is -2.48. The fourth-order valence-corrected chi connectivity index (χ4v) is 4.65. The zero-order valence-corrected chi connectivity index (χ0v) is 20.5. The van der Waals surface area contributed by atoms with Gasteiger partial charge in [-0.05, 0) is 50.2 Å². The number of rotatable bonds is 6. The number of hydrogen-bond donors (Lipinski definition) is 2. The van der Waals surface area contributed by atoms with E-state index in [9.17, 15) is 9.59 Å². The van der Waals surface area contributed by atoms with Gasteiger partial charge in [0, 0.05) is 41.2 Å². The van der Waals surface area contributed by atoms with Crippen molar-refractivity contribution in [3.8, 4) is 5.75 Å². The third-order valence-electron chi connectivity index (χ3n) is 6.26. The molecule has 1 fully saturated rings. The Labute approximate surface area is 209 Å². The first-order valence-corrected chi connectivity index (χ1v) is 12.0. The molecule has 3 aromatic carbocycles. The molecule has 5 rings (SSSR count). The standard InChI is InChI=1S/C28H29N3O5/c1-17-15-31(16-18(2)35-17)28(33)19-8-10-20(11-9-19)29-14-27(32)30-23-13-25-22(12-26(23)34-3)21-6-4-5-7-24(21)36-25/h4-13,17-18,29H,14-16H2,1-3H3,(H,30,32). The van der Waals surface area contributed by atoms with Gasteiger partial charge >= 0.3 is 0 Å². The van der Waals surface area contributed by atoms with Crippen molar-refractivity contribution in [1.82, 2.24) is 4.90 Å². The second-order valence-electron chi connectivity index (χ2n) is 9.09. The maximum Gasteiger partial charge on any atom is 0.254 e. The molecular weight excluding hydrogens is 458 g/mol. The first kappa shape index (κ1) is 23.7. The van der Waals surface area contributed by atoms with Crippen molar-refractivity contribution in [2.45, 2.75) is 26.1 Å². The zero-order chi connectivity index (χ0) is 25.2. The van der Waals surface area contributed by atoms with Gasteiger partial charge < -0.3 is 29.4 Å². The molecule has 0 bridgehead atoms. The van der Waals surface area contributed by atoms with Crippen molar-refractivity contribution < 1.29 is 23.5 Å². The first-order valence-electron chi connectivity index (χ1n) is 12.0. The maximum absolute atomic E-state index is 12.8. The Morgan fingerprint density at radius 2 is 1.69 bits per heavy atom. The van der Waals surface area contributed by atoms with Crippen LogP contribution in [0.15, 0.2) is 65.1 Å². The van der Waals surface area contributed by atoms with Gasteiger partial charge in [-0.1, -0.05) is 18.2 Å². The molecule has 2 heterocycles. The van der Waals surface area contributed by atoms with Gasteiger partial charge in [-0.25, -0.2) is 0 Å². The SMILES string of the molecule is COc1cc2c(cc1NC(=O)CNc1ccc(C(=O)N3CC(C)OC(C)C3)cc1)oc1ccccc12. The summed E-state index contributed by atoms with van der Waals surface area (Å²) >= 11 is 0. The Bertz CT molecular complexity index is 1400. The monoisotopic (exact) mass is 487 g/mol. The van der Waals surface area contributed by atoms with Crippen molar-refractivity contribution in [2.75, 3.05) is 37.4 Å². The molecule has 1 aromatic heterocycles. The van der Waals surface area contributed by atoms with E-state index in [1.165, 1.54) is 0 Å². The lowest BCUT2D eigenvalue weighted by molar-refractivity contribution is -0.114. The summed E-state index contributed by atoms with van der Waals surface area (Å²) in [6, 6.07) is 18.6. The molecule has 2 unspecified atom stereocenters. The Kier molecular flexibility index (Phi) is 6.52. The van der Waals surface area contributed by atoms with Crippen LogP contribution < -0.4 is 15.4 Å². The summed E-state index contributed by atoms with van der Waals surface area (Å²) in [6.45, 7) is 5.14. The molecular formula is C28H29N3O5. The van der Waals surface area contributed by atoms with Crippen LogP contribution in [0.2, 0.25) is 0 Å². The molecule has 2 amide bonds. The molecule has 36 heavy (non-hydrogen) atoms. The third kappa shape index (κ3) is 4.85. The van der Waals surface area contributed by atoms with E-state index in [1.807, 2.05) is 49.1 Å². The van der Waals surface area contributed by atoms with Crippen molar-refractivity contribution in [1.29, 1.82) is 0 Å². The lowest BCUT2D eigenvalue weighted by atomic mass is 10.1. The number of para-hydroxylation sites is 1. The van der Waals surface area contributed by atoms with Gasteiger partial charge in [-0.3, -0.25) is 9.59 Å². The van der Waals surface area contributed by atoms with Crippen molar-refractivity contribution in [2.24, 2.45) is 0 Å². The van der Waals surface area contributed by atoms with Crippen LogP contribution in [0.1, 0.15) is 24.2 Å². The van der Waals surface area contributed by atoms with Crippen LogP contribution in [-0.2, 0) is 9.53 Å². The highest BCUT2D eigenvalue weighted by Gasteiger charge is 2.26. The number of carbonyl (C=O) groups is 2. The largest absolute Gasteiger partial charge is 0.495 e. The summed E-state index contributed by atoms with van der Waals surface area (Å²) in [7, 11) is 1.57. The minimum absolute atomic E-state index is 0.0170. The quantitative estimate of drug-likeness (QED) is 0.402. The van der Waals surface area contributed by atoms with Crippen LogP contribution in [0.25, 0.3) is 21.9 Å². The topological polar surface area (TPSA) is 93.0 Å². The minimum Gasteiger partial charge on any atom is -0.495 e. The number of furan rings is 1. The Morgan fingerprint density at radius 1 is 0.972 bits per heavy atom. The molecule has 186 valence electrons. The molecule has 2 N–H and O–H groups in total. The summed E-state index contributed by atoms with van der Waals surface area (Å²) < 4.78 is 17.2. The van der Waals surface area contributed by atoms with E-state index in [1.54, 1.807) is 37.4 Å².